The molecule has 0 fully saturated rings. The minimum Gasteiger partial charge on any atom is -0.489 e. The van der Waals surface area contributed by atoms with Crippen LogP contribution in [0.3, 0.4) is 0 Å². The lowest BCUT2D eigenvalue weighted by Gasteiger charge is -2.15. The Labute approximate surface area is 126 Å². The number of nitrogens with two attached hydrogens (primary N) is 1. The van der Waals surface area contributed by atoms with Crippen LogP contribution in [0.2, 0.25) is 0 Å². The quantitative estimate of drug-likeness (QED) is 0.866. The van der Waals surface area contributed by atoms with E-state index in [4.69, 9.17) is 10.5 Å². The van der Waals surface area contributed by atoms with Crippen LogP contribution in [0, 0.1) is 5.82 Å². The number of halogens is 2. The Hall–Kier alpha value is -1.39. The largest absolute Gasteiger partial charge is 0.489 e. The molecule has 0 aromatic heterocycles. The molecule has 0 aliphatic heterocycles. The van der Waals surface area contributed by atoms with Gasteiger partial charge in [0.25, 0.3) is 0 Å². The molecule has 0 spiro atoms. The fourth-order valence-corrected chi connectivity index (χ4v) is 2.35. The molecule has 0 saturated carbocycles. The lowest BCUT2D eigenvalue weighted by atomic mass is 10.0. The zero-order chi connectivity index (χ0) is 14.5. The van der Waals surface area contributed by atoms with Crippen molar-refractivity contribution in [1.29, 1.82) is 0 Å². The van der Waals surface area contributed by atoms with E-state index in [0.717, 1.165) is 23.3 Å². The monoisotopic (exact) mass is 337 g/mol. The summed E-state index contributed by atoms with van der Waals surface area (Å²) in [6.07, 6.45) is 0.850. The maximum absolute atomic E-state index is 13.2. The second kappa shape index (κ2) is 6.86. The van der Waals surface area contributed by atoms with Crippen molar-refractivity contribution >= 4 is 15.9 Å². The van der Waals surface area contributed by atoms with E-state index >= 15 is 0 Å². The van der Waals surface area contributed by atoms with Gasteiger partial charge in [-0.1, -0.05) is 31.2 Å². The average molecular weight is 338 g/mol. The number of hydrogen-bond acceptors (Lipinski definition) is 2. The van der Waals surface area contributed by atoms with Crippen LogP contribution in [0.1, 0.15) is 30.5 Å². The second-order valence-electron chi connectivity index (χ2n) is 4.59. The van der Waals surface area contributed by atoms with E-state index < -0.39 is 0 Å². The van der Waals surface area contributed by atoms with Crippen molar-refractivity contribution in [3.8, 4) is 5.75 Å². The fraction of sp³-hybridized carbons (Fsp3) is 0.250. The molecule has 0 aliphatic rings. The highest BCUT2D eigenvalue weighted by Gasteiger charge is 2.10. The molecule has 2 rings (SSSR count). The third-order valence-electron chi connectivity index (χ3n) is 3.14. The van der Waals surface area contributed by atoms with Gasteiger partial charge in [-0.05, 0) is 46.1 Å². The van der Waals surface area contributed by atoms with E-state index in [0.29, 0.717) is 11.1 Å². The molecule has 4 heteroatoms. The number of benzene rings is 2. The molecular formula is C16H17BrFNO. The Bertz CT molecular complexity index is 588. The van der Waals surface area contributed by atoms with E-state index in [1.165, 1.54) is 6.07 Å². The van der Waals surface area contributed by atoms with Crippen LogP contribution < -0.4 is 10.5 Å². The first kappa shape index (κ1) is 15.0. The van der Waals surface area contributed by atoms with E-state index in [-0.39, 0.29) is 11.9 Å². The standard InChI is InChI=1S/C16H17BrFNO/c1-2-15(19)12-5-3-4-6-16(12)20-10-11-7-8-14(18)13(17)9-11/h3-9,15H,2,10,19H2,1H3/t15-/m0/s1. The summed E-state index contributed by atoms with van der Waals surface area (Å²) >= 11 is 3.17. The molecule has 2 aromatic rings. The normalized spacial score (nSPS) is 12.2. The summed E-state index contributed by atoms with van der Waals surface area (Å²) in [5.41, 5.74) is 7.97. The van der Waals surface area contributed by atoms with Gasteiger partial charge in [-0.3, -0.25) is 0 Å². The first-order chi connectivity index (χ1) is 9.61. The highest BCUT2D eigenvalue weighted by molar-refractivity contribution is 9.10. The molecule has 2 aromatic carbocycles. The predicted octanol–water partition coefficient (Wildman–Crippen LogP) is 4.58. The summed E-state index contributed by atoms with van der Waals surface area (Å²) < 4.78 is 19.4. The Morgan fingerprint density at radius 1 is 1.25 bits per heavy atom. The molecule has 0 heterocycles. The maximum atomic E-state index is 13.2. The molecular weight excluding hydrogens is 321 g/mol. The Morgan fingerprint density at radius 3 is 2.70 bits per heavy atom. The summed E-state index contributed by atoms with van der Waals surface area (Å²) in [6, 6.07) is 12.6. The average Bonchev–Trinajstić information content (AvgIpc) is 2.48. The van der Waals surface area contributed by atoms with Gasteiger partial charge in [0.2, 0.25) is 0 Å². The molecule has 2 N–H and O–H groups in total. The minimum absolute atomic E-state index is 0.0360. The van der Waals surface area contributed by atoms with Gasteiger partial charge in [0.15, 0.2) is 0 Å². The van der Waals surface area contributed by atoms with Gasteiger partial charge in [-0.15, -0.1) is 0 Å². The van der Waals surface area contributed by atoms with Crippen molar-refractivity contribution in [2.24, 2.45) is 5.73 Å². The van der Waals surface area contributed by atoms with Crippen LogP contribution >= 0.6 is 15.9 Å². The molecule has 0 aliphatic carbocycles. The van der Waals surface area contributed by atoms with Gasteiger partial charge in [0, 0.05) is 11.6 Å². The number of hydrogen-bond donors (Lipinski definition) is 1. The molecule has 0 radical (unpaired) electrons. The minimum atomic E-state index is -0.276. The van der Waals surface area contributed by atoms with Crippen molar-refractivity contribution in [3.05, 3.63) is 63.9 Å². The molecule has 0 saturated heterocycles. The molecule has 0 unspecified atom stereocenters. The lowest BCUT2D eigenvalue weighted by Crippen LogP contribution is -2.10. The summed E-state index contributed by atoms with van der Waals surface area (Å²) in [5.74, 6) is 0.504. The summed E-state index contributed by atoms with van der Waals surface area (Å²) in [4.78, 5) is 0. The summed E-state index contributed by atoms with van der Waals surface area (Å²) in [7, 11) is 0. The fourth-order valence-electron chi connectivity index (χ4n) is 1.93. The maximum Gasteiger partial charge on any atom is 0.137 e. The lowest BCUT2D eigenvalue weighted by molar-refractivity contribution is 0.300. The van der Waals surface area contributed by atoms with E-state index in [2.05, 4.69) is 15.9 Å². The molecule has 0 bridgehead atoms. The second-order valence-corrected chi connectivity index (χ2v) is 5.44. The zero-order valence-electron chi connectivity index (χ0n) is 11.3. The molecule has 2 nitrogen and oxygen atoms in total. The van der Waals surface area contributed by atoms with Crippen molar-refractivity contribution < 1.29 is 9.13 Å². The Kier molecular flexibility index (Phi) is 5.15. The topological polar surface area (TPSA) is 35.2 Å². The van der Waals surface area contributed by atoms with Gasteiger partial charge in [-0.2, -0.15) is 0 Å². The number of rotatable bonds is 5. The Balaban J connectivity index is 2.12. The number of para-hydroxylation sites is 1. The zero-order valence-corrected chi connectivity index (χ0v) is 12.9. The third kappa shape index (κ3) is 3.58. The van der Waals surface area contributed by atoms with Crippen molar-refractivity contribution in [1.82, 2.24) is 0 Å². The van der Waals surface area contributed by atoms with Gasteiger partial charge in [-0.25, -0.2) is 4.39 Å². The van der Waals surface area contributed by atoms with Crippen molar-refractivity contribution in [2.45, 2.75) is 26.0 Å². The molecule has 1 atom stereocenters. The molecule has 0 amide bonds. The summed E-state index contributed by atoms with van der Waals surface area (Å²) in [5, 5.41) is 0. The van der Waals surface area contributed by atoms with Crippen LogP contribution in [0.15, 0.2) is 46.9 Å². The summed E-state index contributed by atoms with van der Waals surface area (Å²) in [6.45, 7) is 2.42. The third-order valence-corrected chi connectivity index (χ3v) is 3.74. The highest BCUT2D eigenvalue weighted by Crippen LogP contribution is 2.26. The van der Waals surface area contributed by atoms with E-state index in [1.54, 1.807) is 12.1 Å². The van der Waals surface area contributed by atoms with Gasteiger partial charge < -0.3 is 10.5 Å². The highest BCUT2D eigenvalue weighted by atomic mass is 79.9. The number of ether oxygens (including phenoxy) is 1. The first-order valence-corrected chi connectivity index (χ1v) is 7.32. The Morgan fingerprint density at radius 2 is 2.00 bits per heavy atom. The van der Waals surface area contributed by atoms with Gasteiger partial charge in [0.1, 0.15) is 18.2 Å². The van der Waals surface area contributed by atoms with E-state index in [1.807, 2.05) is 31.2 Å². The van der Waals surface area contributed by atoms with Crippen LogP contribution in [-0.2, 0) is 6.61 Å². The predicted molar refractivity (Wildman–Crippen MR) is 82.1 cm³/mol. The van der Waals surface area contributed by atoms with Crippen molar-refractivity contribution in [2.75, 3.05) is 0 Å². The van der Waals surface area contributed by atoms with Gasteiger partial charge in [0.05, 0.1) is 4.47 Å². The molecule has 106 valence electrons. The smallest absolute Gasteiger partial charge is 0.137 e. The van der Waals surface area contributed by atoms with Crippen molar-refractivity contribution in [3.63, 3.8) is 0 Å². The first-order valence-electron chi connectivity index (χ1n) is 6.53. The van der Waals surface area contributed by atoms with E-state index in [9.17, 15) is 4.39 Å². The van der Waals surface area contributed by atoms with Crippen LogP contribution in [0.4, 0.5) is 4.39 Å². The van der Waals surface area contributed by atoms with Crippen LogP contribution in [0.5, 0.6) is 5.75 Å². The molecule has 20 heavy (non-hydrogen) atoms. The van der Waals surface area contributed by atoms with Gasteiger partial charge >= 0.3 is 0 Å². The SMILES string of the molecule is CC[C@H](N)c1ccccc1OCc1ccc(F)c(Br)c1. The van der Waals surface area contributed by atoms with Crippen LogP contribution in [-0.4, -0.2) is 0 Å². The van der Waals surface area contributed by atoms with Crippen LogP contribution in [0.25, 0.3) is 0 Å².